The number of hydrogen-bond acceptors (Lipinski definition) is 5. The molecule has 1 saturated heterocycles. The summed E-state index contributed by atoms with van der Waals surface area (Å²) in [6.45, 7) is 7.72. The van der Waals surface area contributed by atoms with Gasteiger partial charge in [-0.2, -0.15) is 0 Å². The third-order valence-corrected chi connectivity index (χ3v) is 5.77. The van der Waals surface area contributed by atoms with E-state index >= 15 is 0 Å². The maximum Gasteiger partial charge on any atom is 0.173 e. The van der Waals surface area contributed by atoms with Crippen LogP contribution < -0.4 is 0 Å². The molecule has 1 atom stereocenters. The average molecular weight is 340 g/mol. The standard InChI is InChI=1S/C19H28N6/c1-2-23-12-14-24(15-13-23)18(16-8-4-3-5-9-16)19-20-21-22-25(19)17-10-6-7-11-17/h3-5,8-9,17-18H,2,6-7,10-15H2,1H3. The van der Waals surface area contributed by atoms with E-state index in [0.29, 0.717) is 6.04 Å². The largest absolute Gasteiger partial charge is 0.301 e. The summed E-state index contributed by atoms with van der Waals surface area (Å²) < 4.78 is 2.12. The van der Waals surface area contributed by atoms with Crippen molar-refractivity contribution in [2.75, 3.05) is 32.7 Å². The number of rotatable bonds is 5. The van der Waals surface area contributed by atoms with Crippen molar-refractivity contribution < 1.29 is 0 Å². The predicted octanol–water partition coefficient (Wildman–Crippen LogP) is 2.52. The number of tetrazole rings is 1. The molecule has 25 heavy (non-hydrogen) atoms. The molecule has 1 aromatic heterocycles. The zero-order valence-corrected chi connectivity index (χ0v) is 15.1. The Bertz CT molecular complexity index is 656. The molecule has 1 aliphatic heterocycles. The molecule has 0 radical (unpaired) electrons. The van der Waals surface area contributed by atoms with Crippen molar-refractivity contribution in [2.24, 2.45) is 0 Å². The van der Waals surface area contributed by atoms with Crippen LogP contribution in [0.3, 0.4) is 0 Å². The molecule has 0 N–H and O–H groups in total. The van der Waals surface area contributed by atoms with Crippen molar-refractivity contribution in [3.05, 3.63) is 41.7 Å². The third-order valence-electron chi connectivity index (χ3n) is 5.77. The smallest absolute Gasteiger partial charge is 0.173 e. The van der Waals surface area contributed by atoms with Gasteiger partial charge in [-0.25, -0.2) is 4.68 Å². The summed E-state index contributed by atoms with van der Waals surface area (Å²) in [7, 11) is 0. The van der Waals surface area contributed by atoms with Gasteiger partial charge in [0.05, 0.1) is 12.1 Å². The van der Waals surface area contributed by atoms with E-state index in [4.69, 9.17) is 0 Å². The molecule has 4 rings (SSSR count). The molecule has 2 aromatic rings. The minimum atomic E-state index is 0.149. The summed E-state index contributed by atoms with van der Waals surface area (Å²) in [5, 5.41) is 13.0. The van der Waals surface area contributed by atoms with Crippen molar-refractivity contribution in [1.82, 2.24) is 30.0 Å². The molecule has 1 saturated carbocycles. The lowest BCUT2D eigenvalue weighted by atomic mass is 10.0. The number of hydrogen-bond donors (Lipinski definition) is 0. The highest BCUT2D eigenvalue weighted by Crippen LogP contribution is 2.34. The molecule has 1 aromatic carbocycles. The van der Waals surface area contributed by atoms with Gasteiger partial charge in [0.1, 0.15) is 0 Å². The Labute approximate surface area is 149 Å². The molecule has 1 unspecified atom stereocenters. The molecule has 2 aliphatic rings. The van der Waals surface area contributed by atoms with Crippen LogP contribution in [0.4, 0.5) is 0 Å². The molecule has 6 nitrogen and oxygen atoms in total. The lowest BCUT2D eigenvalue weighted by molar-refractivity contribution is 0.107. The van der Waals surface area contributed by atoms with E-state index in [-0.39, 0.29) is 6.04 Å². The molecule has 134 valence electrons. The Hall–Kier alpha value is -1.79. The summed E-state index contributed by atoms with van der Waals surface area (Å²) in [5.74, 6) is 1.02. The maximum atomic E-state index is 4.50. The first kappa shape index (κ1) is 16.7. The average Bonchev–Trinajstić information content (AvgIpc) is 3.35. The van der Waals surface area contributed by atoms with Gasteiger partial charge < -0.3 is 4.90 Å². The van der Waals surface area contributed by atoms with Crippen molar-refractivity contribution in [3.8, 4) is 0 Å². The minimum absolute atomic E-state index is 0.149. The highest BCUT2D eigenvalue weighted by Gasteiger charge is 2.32. The molecule has 1 aliphatic carbocycles. The zero-order valence-electron chi connectivity index (χ0n) is 15.1. The molecular weight excluding hydrogens is 312 g/mol. The fourth-order valence-electron chi connectivity index (χ4n) is 4.29. The van der Waals surface area contributed by atoms with E-state index in [1.54, 1.807) is 0 Å². The van der Waals surface area contributed by atoms with E-state index in [0.717, 1.165) is 38.5 Å². The highest BCUT2D eigenvalue weighted by atomic mass is 15.6. The summed E-state index contributed by atoms with van der Waals surface area (Å²) in [5.41, 5.74) is 1.29. The lowest BCUT2D eigenvalue weighted by Gasteiger charge is -2.38. The van der Waals surface area contributed by atoms with Gasteiger partial charge in [0.15, 0.2) is 5.82 Å². The quantitative estimate of drug-likeness (QED) is 0.837. The molecule has 2 fully saturated rings. The maximum absolute atomic E-state index is 4.50. The molecular formula is C19H28N6. The Morgan fingerprint density at radius 3 is 2.44 bits per heavy atom. The van der Waals surface area contributed by atoms with Gasteiger partial charge in [-0.3, -0.25) is 4.90 Å². The fourth-order valence-corrected chi connectivity index (χ4v) is 4.29. The second-order valence-electron chi connectivity index (χ2n) is 7.20. The van der Waals surface area contributed by atoms with E-state index in [1.165, 1.54) is 31.2 Å². The molecule has 0 spiro atoms. The van der Waals surface area contributed by atoms with E-state index in [1.807, 2.05) is 0 Å². The van der Waals surface area contributed by atoms with Crippen LogP contribution in [0.1, 0.15) is 56.1 Å². The minimum Gasteiger partial charge on any atom is -0.301 e. The number of likely N-dealkylation sites (N-methyl/N-ethyl adjacent to an activating group) is 1. The van der Waals surface area contributed by atoms with E-state index in [9.17, 15) is 0 Å². The highest BCUT2D eigenvalue weighted by molar-refractivity contribution is 5.25. The summed E-state index contributed by atoms with van der Waals surface area (Å²) in [4.78, 5) is 5.07. The first-order valence-corrected chi connectivity index (χ1v) is 9.66. The Morgan fingerprint density at radius 1 is 1.04 bits per heavy atom. The topological polar surface area (TPSA) is 50.1 Å². The second kappa shape index (κ2) is 7.62. The number of piperazine rings is 1. The van der Waals surface area contributed by atoms with Gasteiger partial charge in [-0.1, -0.05) is 50.1 Å². The van der Waals surface area contributed by atoms with Gasteiger partial charge >= 0.3 is 0 Å². The Morgan fingerprint density at radius 2 is 1.76 bits per heavy atom. The van der Waals surface area contributed by atoms with Crippen LogP contribution in [0.15, 0.2) is 30.3 Å². The fraction of sp³-hybridized carbons (Fsp3) is 0.632. The van der Waals surface area contributed by atoms with Crippen molar-refractivity contribution in [2.45, 2.75) is 44.7 Å². The van der Waals surface area contributed by atoms with Gasteiger partial charge in [-0.05, 0) is 35.4 Å². The van der Waals surface area contributed by atoms with Crippen LogP contribution in [-0.4, -0.2) is 62.7 Å². The summed E-state index contributed by atoms with van der Waals surface area (Å²) in [6, 6.07) is 11.4. The Balaban J connectivity index is 1.66. The van der Waals surface area contributed by atoms with Crippen LogP contribution in [0.2, 0.25) is 0 Å². The van der Waals surface area contributed by atoms with Gasteiger partial charge in [0.25, 0.3) is 0 Å². The zero-order chi connectivity index (χ0) is 17.1. The van der Waals surface area contributed by atoms with E-state index in [2.05, 4.69) is 67.3 Å². The predicted molar refractivity (Wildman–Crippen MR) is 97.3 cm³/mol. The second-order valence-corrected chi connectivity index (χ2v) is 7.20. The summed E-state index contributed by atoms with van der Waals surface area (Å²) >= 11 is 0. The van der Waals surface area contributed by atoms with Gasteiger partial charge in [0.2, 0.25) is 0 Å². The van der Waals surface area contributed by atoms with Gasteiger partial charge in [-0.15, -0.1) is 5.10 Å². The van der Waals surface area contributed by atoms with Crippen LogP contribution in [-0.2, 0) is 0 Å². The molecule has 2 heterocycles. The normalized spacial score (nSPS) is 21.6. The SMILES string of the molecule is CCN1CCN(C(c2ccccc2)c2nnnn2C2CCCC2)CC1. The van der Waals surface area contributed by atoms with Crippen molar-refractivity contribution in [3.63, 3.8) is 0 Å². The number of aromatic nitrogens is 4. The van der Waals surface area contributed by atoms with Crippen molar-refractivity contribution >= 4 is 0 Å². The molecule has 6 heteroatoms. The van der Waals surface area contributed by atoms with Gasteiger partial charge in [0, 0.05) is 26.2 Å². The van der Waals surface area contributed by atoms with Crippen LogP contribution in [0.5, 0.6) is 0 Å². The van der Waals surface area contributed by atoms with Crippen LogP contribution in [0.25, 0.3) is 0 Å². The monoisotopic (exact) mass is 340 g/mol. The van der Waals surface area contributed by atoms with E-state index < -0.39 is 0 Å². The summed E-state index contributed by atoms with van der Waals surface area (Å²) in [6.07, 6.45) is 4.97. The number of benzene rings is 1. The molecule has 0 amide bonds. The van der Waals surface area contributed by atoms with Crippen molar-refractivity contribution in [1.29, 1.82) is 0 Å². The Kier molecular flexibility index (Phi) is 5.08. The van der Waals surface area contributed by atoms with Crippen LogP contribution in [0, 0.1) is 0 Å². The third kappa shape index (κ3) is 3.46. The first-order valence-electron chi connectivity index (χ1n) is 9.66. The number of nitrogens with zero attached hydrogens (tertiary/aromatic N) is 6. The first-order chi connectivity index (χ1) is 12.4. The lowest BCUT2D eigenvalue weighted by Crippen LogP contribution is -2.48. The van der Waals surface area contributed by atoms with Crippen LogP contribution >= 0.6 is 0 Å². The molecule has 0 bridgehead atoms.